The second-order valence-corrected chi connectivity index (χ2v) is 7.08. The number of nitrogens with one attached hydrogen (secondary N) is 1. The number of ether oxygens (including phenoxy) is 1. The van der Waals surface area contributed by atoms with Gasteiger partial charge in [0.15, 0.2) is 0 Å². The fourth-order valence-electron chi connectivity index (χ4n) is 2.34. The van der Waals surface area contributed by atoms with E-state index in [0.29, 0.717) is 17.2 Å². The highest BCUT2D eigenvalue weighted by Crippen LogP contribution is 2.21. The van der Waals surface area contributed by atoms with Crippen molar-refractivity contribution in [2.75, 3.05) is 31.6 Å². The van der Waals surface area contributed by atoms with Crippen LogP contribution in [0.4, 0.5) is 5.69 Å². The van der Waals surface area contributed by atoms with Crippen LogP contribution in [0.5, 0.6) is 5.75 Å². The Bertz CT molecular complexity index is 703. The van der Waals surface area contributed by atoms with Gasteiger partial charge in [-0.15, -0.1) is 0 Å². The van der Waals surface area contributed by atoms with E-state index in [1.54, 1.807) is 12.1 Å². The molecule has 0 bridgehead atoms. The molecule has 1 N–H and O–H groups in total. The van der Waals surface area contributed by atoms with E-state index in [2.05, 4.69) is 46.7 Å². The molecule has 6 heteroatoms. The first-order chi connectivity index (χ1) is 12.0. The van der Waals surface area contributed by atoms with Crippen molar-refractivity contribution in [3.63, 3.8) is 0 Å². The summed E-state index contributed by atoms with van der Waals surface area (Å²) < 4.78 is 6.60. The Hall–Kier alpha value is -1.31. The first-order valence-corrected chi connectivity index (χ1v) is 9.70. The maximum Gasteiger partial charge on any atom is 0.256 e. The SMILES string of the molecule is CCN(CC)CCOc1ccc(NC(=O)c2cc(Cl)ccc2I)cc1. The van der Waals surface area contributed by atoms with Crippen LogP contribution in [-0.2, 0) is 0 Å². The van der Waals surface area contributed by atoms with Crippen molar-refractivity contribution in [1.29, 1.82) is 0 Å². The van der Waals surface area contributed by atoms with Crippen molar-refractivity contribution in [2.45, 2.75) is 13.8 Å². The number of carbonyl (C=O) groups is 1. The van der Waals surface area contributed by atoms with Gasteiger partial charge in [0.05, 0.1) is 5.56 Å². The van der Waals surface area contributed by atoms with Crippen molar-refractivity contribution in [2.24, 2.45) is 0 Å². The highest BCUT2D eigenvalue weighted by molar-refractivity contribution is 14.1. The van der Waals surface area contributed by atoms with Gasteiger partial charge in [-0.3, -0.25) is 4.79 Å². The molecule has 2 rings (SSSR count). The number of nitrogens with zero attached hydrogens (tertiary/aromatic N) is 1. The van der Waals surface area contributed by atoms with E-state index in [-0.39, 0.29) is 5.91 Å². The van der Waals surface area contributed by atoms with Gasteiger partial charge in [0.25, 0.3) is 5.91 Å². The maximum absolute atomic E-state index is 12.4. The molecule has 0 fully saturated rings. The zero-order valence-electron chi connectivity index (χ0n) is 14.4. The molecule has 134 valence electrons. The Balaban J connectivity index is 1.91. The second kappa shape index (κ2) is 9.99. The van der Waals surface area contributed by atoms with Crippen LogP contribution in [0.1, 0.15) is 24.2 Å². The average Bonchev–Trinajstić information content (AvgIpc) is 2.62. The van der Waals surface area contributed by atoms with E-state index in [1.807, 2.05) is 30.3 Å². The molecule has 0 unspecified atom stereocenters. The summed E-state index contributed by atoms with van der Waals surface area (Å²) in [4.78, 5) is 14.7. The van der Waals surface area contributed by atoms with E-state index in [0.717, 1.165) is 34.6 Å². The molecule has 1 amide bonds. The van der Waals surface area contributed by atoms with E-state index >= 15 is 0 Å². The zero-order valence-corrected chi connectivity index (χ0v) is 17.3. The first-order valence-electron chi connectivity index (χ1n) is 8.25. The standard InChI is InChI=1S/C19H22ClIN2O2/c1-3-23(4-2)11-12-25-16-8-6-15(7-9-16)22-19(24)17-13-14(20)5-10-18(17)21/h5-10,13H,3-4,11-12H2,1-2H3,(H,22,24). The normalized spacial score (nSPS) is 10.8. The first kappa shape index (κ1) is 20.0. The number of likely N-dealkylation sites (N-methyl/N-ethyl adjacent to an activating group) is 1. The Morgan fingerprint density at radius 1 is 1.16 bits per heavy atom. The second-order valence-electron chi connectivity index (χ2n) is 5.48. The lowest BCUT2D eigenvalue weighted by Crippen LogP contribution is -2.27. The quantitative estimate of drug-likeness (QED) is 0.555. The zero-order chi connectivity index (χ0) is 18.2. The molecule has 0 aliphatic carbocycles. The van der Waals surface area contributed by atoms with E-state index in [4.69, 9.17) is 16.3 Å². The number of halogens is 2. The number of benzene rings is 2. The largest absolute Gasteiger partial charge is 0.492 e. The molecular weight excluding hydrogens is 451 g/mol. The lowest BCUT2D eigenvalue weighted by molar-refractivity contribution is 0.102. The third-order valence-electron chi connectivity index (χ3n) is 3.86. The molecule has 4 nitrogen and oxygen atoms in total. The summed E-state index contributed by atoms with van der Waals surface area (Å²) in [6.07, 6.45) is 0. The Labute approximate surface area is 167 Å². The minimum Gasteiger partial charge on any atom is -0.492 e. The smallest absolute Gasteiger partial charge is 0.256 e. The van der Waals surface area contributed by atoms with Gasteiger partial charge in [-0.05, 0) is 78.1 Å². The molecule has 0 aliphatic rings. The van der Waals surface area contributed by atoms with Gasteiger partial charge in [-0.25, -0.2) is 0 Å². The fourth-order valence-corrected chi connectivity index (χ4v) is 3.09. The summed E-state index contributed by atoms with van der Waals surface area (Å²) in [6, 6.07) is 12.7. The number of hydrogen-bond donors (Lipinski definition) is 1. The average molecular weight is 473 g/mol. The summed E-state index contributed by atoms with van der Waals surface area (Å²) in [7, 11) is 0. The van der Waals surface area contributed by atoms with Crippen molar-refractivity contribution in [1.82, 2.24) is 4.90 Å². The summed E-state index contributed by atoms with van der Waals surface area (Å²) in [5, 5.41) is 3.42. The van der Waals surface area contributed by atoms with Gasteiger partial charge in [0.1, 0.15) is 12.4 Å². The van der Waals surface area contributed by atoms with Crippen LogP contribution < -0.4 is 10.1 Å². The molecule has 2 aromatic carbocycles. The Morgan fingerprint density at radius 3 is 2.48 bits per heavy atom. The number of anilines is 1. The Kier molecular flexibility index (Phi) is 7.99. The van der Waals surface area contributed by atoms with Gasteiger partial charge in [-0.2, -0.15) is 0 Å². The van der Waals surface area contributed by atoms with Gasteiger partial charge < -0.3 is 15.0 Å². The molecule has 0 saturated carbocycles. The Morgan fingerprint density at radius 2 is 1.84 bits per heavy atom. The van der Waals surface area contributed by atoms with Crippen LogP contribution in [0.15, 0.2) is 42.5 Å². The van der Waals surface area contributed by atoms with Crippen LogP contribution in [0.3, 0.4) is 0 Å². The van der Waals surface area contributed by atoms with Gasteiger partial charge >= 0.3 is 0 Å². The molecule has 0 atom stereocenters. The lowest BCUT2D eigenvalue weighted by Gasteiger charge is -2.18. The van der Waals surface area contributed by atoms with Gasteiger partial charge in [0.2, 0.25) is 0 Å². The van der Waals surface area contributed by atoms with Gasteiger partial charge in [-0.1, -0.05) is 25.4 Å². The third-order valence-corrected chi connectivity index (χ3v) is 5.03. The molecule has 2 aromatic rings. The molecular formula is C19H22ClIN2O2. The number of carbonyl (C=O) groups excluding carboxylic acids is 1. The van der Waals surface area contributed by atoms with Gasteiger partial charge in [0, 0.05) is 20.8 Å². The van der Waals surface area contributed by atoms with Crippen LogP contribution in [0, 0.1) is 3.57 Å². The molecule has 0 aliphatic heterocycles. The minimum absolute atomic E-state index is 0.179. The highest BCUT2D eigenvalue weighted by atomic mass is 127. The third kappa shape index (κ3) is 6.17. The number of rotatable bonds is 8. The van der Waals surface area contributed by atoms with Crippen molar-refractivity contribution < 1.29 is 9.53 Å². The van der Waals surface area contributed by atoms with E-state index in [9.17, 15) is 4.79 Å². The van der Waals surface area contributed by atoms with Crippen LogP contribution in [0.2, 0.25) is 5.02 Å². The molecule has 0 heterocycles. The molecule has 0 spiro atoms. The van der Waals surface area contributed by atoms with Crippen molar-refractivity contribution >= 4 is 45.8 Å². The predicted molar refractivity (Wildman–Crippen MR) is 112 cm³/mol. The topological polar surface area (TPSA) is 41.6 Å². The minimum atomic E-state index is -0.179. The molecule has 0 saturated heterocycles. The predicted octanol–water partition coefficient (Wildman–Crippen LogP) is 4.92. The highest BCUT2D eigenvalue weighted by Gasteiger charge is 2.11. The van der Waals surface area contributed by atoms with E-state index < -0.39 is 0 Å². The number of amides is 1. The van der Waals surface area contributed by atoms with Crippen molar-refractivity contribution in [3.05, 3.63) is 56.6 Å². The maximum atomic E-state index is 12.4. The van der Waals surface area contributed by atoms with E-state index in [1.165, 1.54) is 0 Å². The monoisotopic (exact) mass is 472 g/mol. The van der Waals surface area contributed by atoms with Crippen molar-refractivity contribution in [3.8, 4) is 5.75 Å². The van der Waals surface area contributed by atoms with Crippen LogP contribution in [0.25, 0.3) is 0 Å². The molecule has 0 aromatic heterocycles. The van der Waals surface area contributed by atoms with Crippen LogP contribution >= 0.6 is 34.2 Å². The molecule has 25 heavy (non-hydrogen) atoms. The molecule has 0 radical (unpaired) electrons. The summed E-state index contributed by atoms with van der Waals surface area (Å²) in [5.74, 6) is 0.615. The van der Waals surface area contributed by atoms with Crippen LogP contribution in [-0.4, -0.2) is 37.0 Å². The number of hydrogen-bond acceptors (Lipinski definition) is 3. The summed E-state index contributed by atoms with van der Waals surface area (Å²) in [6.45, 7) is 7.87. The fraction of sp³-hybridized carbons (Fsp3) is 0.316. The lowest BCUT2D eigenvalue weighted by atomic mass is 10.2. The summed E-state index contributed by atoms with van der Waals surface area (Å²) >= 11 is 8.10. The summed E-state index contributed by atoms with van der Waals surface area (Å²) in [5.41, 5.74) is 1.28.